The SMILES string of the molecule is Cc1cccc(C(=O)OCCCl)c1. The third kappa shape index (κ3) is 3.07. The molecule has 1 aromatic carbocycles. The third-order valence-electron chi connectivity index (χ3n) is 1.56. The molecule has 0 heterocycles. The second-order valence-electron chi connectivity index (χ2n) is 2.69. The number of carbonyl (C=O) groups is 1. The van der Waals surface area contributed by atoms with Crippen LogP contribution >= 0.6 is 11.6 Å². The zero-order valence-electron chi connectivity index (χ0n) is 7.42. The second-order valence-corrected chi connectivity index (χ2v) is 3.07. The van der Waals surface area contributed by atoms with Gasteiger partial charge < -0.3 is 4.74 Å². The molecule has 2 nitrogen and oxygen atoms in total. The van der Waals surface area contributed by atoms with Crippen LogP contribution in [0.5, 0.6) is 0 Å². The molecule has 0 saturated heterocycles. The summed E-state index contributed by atoms with van der Waals surface area (Å²) >= 11 is 5.39. The molecule has 1 aromatic rings. The molecule has 0 saturated carbocycles. The fraction of sp³-hybridized carbons (Fsp3) is 0.300. The van der Waals surface area contributed by atoms with Gasteiger partial charge >= 0.3 is 5.97 Å². The lowest BCUT2D eigenvalue weighted by atomic mass is 10.1. The Morgan fingerprint density at radius 2 is 2.31 bits per heavy atom. The lowest BCUT2D eigenvalue weighted by Crippen LogP contribution is -2.07. The fourth-order valence-corrected chi connectivity index (χ4v) is 1.06. The largest absolute Gasteiger partial charge is 0.461 e. The van der Waals surface area contributed by atoms with E-state index in [9.17, 15) is 4.79 Å². The molecular formula is C10H11ClO2. The summed E-state index contributed by atoms with van der Waals surface area (Å²) in [5, 5.41) is 0. The molecule has 0 aliphatic heterocycles. The number of alkyl halides is 1. The van der Waals surface area contributed by atoms with Crippen molar-refractivity contribution in [2.45, 2.75) is 6.92 Å². The van der Waals surface area contributed by atoms with E-state index in [0.29, 0.717) is 11.4 Å². The summed E-state index contributed by atoms with van der Waals surface area (Å²) in [6, 6.07) is 7.27. The first-order chi connectivity index (χ1) is 6.24. The molecule has 0 atom stereocenters. The van der Waals surface area contributed by atoms with Gasteiger partial charge in [-0.3, -0.25) is 0 Å². The summed E-state index contributed by atoms with van der Waals surface area (Å²) in [4.78, 5) is 11.3. The number of esters is 1. The molecule has 70 valence electrons. The van der Waals surface area contributed by atoms with Crippen LogP contribution in [-0.4, -0.2) is 18.5 Å². The molecule has 1 rings (SSSR count). The quantitative estimate of drug-likeness (QED) is 0.551. The zero-order chi connectivity index (χ0) is 9.68. The molecule has 0 aliphatic rings. The van der Waals surface area contributed by atoms with Gasteiger partial charge in [-0.25, -0.2) is 4.79 Å². The summed E-state index contributed by atoms with van der Waals surface area (Å²) in [6.45, 7) is 2.19. The first-order valence-electron chi connectivity index (χ1n) is 4.04. The van der Waals surface area contributed by atoms with E-state index in [1.165, 1.54) is 0 Å². The van der Waals surface area contributed by atoms with Crippen LogP contribution in [0, 0.1) is 6.92 Å². The fourth-order valence-electron chi connectivity index (χ4n) is 0.987. The van der Waals surface area contributed by atoms with Crippen molar-refractivity contribution in [2.24, 2.45) is 0 Å². The third-order valence-corrected chi connectivity index (χ3v) is 1.72. The van der Waals surface area contributed by atoms with Gasteiger partial charge in [0.2, 0.25) is 0 Å². The van der Waals surface area contributed by atoms with Gasteiger partial charge in [0, 0.05) is 0 Å². The standard InChI is InChI=1S/C10H11ClO2/c1-8-3-2-4-9(7-8)10(12)13-6-5-11/h2-4,7H,5-6H2,1H3. The van der Waals surface area contributed by atoms with Gasteiger partial charge in [0.1, 0.15) is 6.61 Å². The summed E-state index contributed by atoms with van der Waals surface area (Å²) in [5.41, 5.74) is 1.62. The predicted octanol–water partition coefficient (Wildman–Crippen LogP) is 2.39. The van der Waals surface area contributed by atoms with Gasteiger partial charge in [-0.1, -0.05) is 17.7 Å². The lowest BCUT2D eigenvalue weighted by molar-refractivity contribution is 0.0529. The topological polar surface area (TPSA) is 26.3 Å². The molecule has 0 amide bonds. The molecule has 0 bridgehead atoms. The summed E-state index contributed by atoms with van der Waals surface area (Å²) in [7, 11) is 0. The van der Waals surface area contributed by atoms with Crippen molar-refractivity contribution in [3.05, 3.63) is 35.4 Å². The number of hydrogen-bond donors (Lipinski definition) is 0. The lowest BCUT2D eigenvalue weighted by Gasteiger charge is -2.02. The van der Waals surface area contributed by atoms with Crippen LogP contribution in [0.3, 0.4) is 0 Å². The normalized spacial score (nSPS) is 9.69. The Kier molecular flexibility index (Phi) is 3.77. The zero-order valence-corrected chi connectivity index (χ0v) is 8.17. The average molecular weight is 199 g/mol. The van der Waals surface area contributed by atoms with E-state index in [4.69, 9.17) is 16.3 Å². The number of hydrogen-bond acceptors (Lipinski definition) is 2. The number of aryl methyl sites for hydroxylation is 1. The van der Waals surface area contributed by atoms with Gasteiger partial charge in [-0.2, -0.15) is 0 Å². The number of ether oxygens (including phenoxy) is 1. The Morgan fingerprint density at radius 3 is 2.92 bits per heavy atom. The monoisotopic (exact) mass is 198 g/mol. The van der Waals surface area contributed by atoms with E-state index in [2.05, 4.69) is 0 Å². The highest BCUT2D eigenvalue weighted by molar-refractivity contribution is 6.18. The van der Waals surface area contributed by atoms with Crippen LogP contribution < -0.4 is 0 Å². The highest BCUT2D eigenvalue weighted by atomic mass is 35.5. The van der Waals surface area contributed by atoms with E-state index in [1.54, 1.807) is 12.1 Å². The average Bonchev–Trinajstić information content (AvgIpc) is 2.14. The highest BCUT2D eigenvalue weighted by Gasteiger charge is 2.05. The van der Waals surface area contributed by atoms with Crippen LogP contribution in [0.4, 0.5) is 0 Å². The Morgan fingerprint density at radius 1 is 1.54 bits per heavy atom. The van der Waals surface area contributed by atoms with E-state index in [1.807, 2.05) is 19.1 Å². The first-order valence-corrected chi connectivity index (χ1v) is 4.57. The van der Waals surface area contributed by atoms with Crippen molar-refractivity contribution in [2.75, 3.05) is 12.5 Å². The van der Waals surface area contributed by atoms with Crippen molar-refractivity contribution in [1.29, 1.82) is 0 Å². The molecule has 13 heavy (non-hydrogen) atoms. The Bertz CT molecular complexity index is 297. The van der Waals surface area contributed by atoms with Crippen LogP contribution in [-0.2, 0) is 4.74 Å². The van der Waals surface area contributed by atoms with Gasteiger partial charge in [0.15, 0.2) is 0 Å². The molecule has 0 N–H and O–H groups in total. The molecule has 0 spiro atoms. The van der Waals surface area contributed by atoms with Crippen molar-refractivity contribution in [1.82, 2.24) is 0 Å². The molecular weight excluding hydrogens is 188 g/mol. The van der Waals surface area contributed by atoms with Crippen molar-refractivity contribution < 1.29 is 9.53 Å². The number of rotatable bonds is 3. The minimum absolute atomic E-state index is 0.258. The van der Waals surface area contributed by atoms with Crippen LogP contribution in [0.2, 0.25) is 0 Å². The molecule has 0 aliphatic carbocycles. The van der Waals surface area contributed by atoms with Gasteiger partial charge in [-0.15, -0.1) is 11.6 Å². The highest BCUT2D eigenvalue weighted by Crippen LogP contribution is 2.05. The van der Waals surface area contributed by atoms with E-state index < -0.39 is 0 Å². The van der Waals surface area contributed by atoms with Gasteiger partial charge in [-0.05, 0) is 19.1 Å². The molecule has 3 heteroatoms. The summed E-state index contributed by atoms with van der Waals surface area (Å²) < 4.78 is 4.86. The number of halogens is 1. The molecule has 0 unspecified atom stereocenters. The maximum Gasteiger partial charge on any atom is 0.338 e. The minimum Gasteiger partial charge on any atom is -0.461 e. The van der Waals surface area contributed by atoms with E-state index in [-0.39, 0.29) is 12.6 Å². The molecule has 0 fully saturated rings. The number of benzene rings is 1. The van der Waals surface area contributed by atoms with Gasteiger partial charge in [0.05, 0.1) is 11.4 Å². The van der Waals surface area contributed by atoms with Gasteiger partial charge in [0.25, 0.3) is 0 Å². The van der Waals surface area contributed by atoms with Crippen molar-refractivity contribution in [3.63, 3.8) is 0 Å². The van der Waals surface area contributed by atoms with Crippen LogP contribution in [0.15, 0.2) is 24.3 Å². The van der Waals surface area contributed by atoms with E-state index in [0.717, 1.165) is 5.56 Å². The first kappa shape index (κ1) is 10.1. The minimum atomic E-state index is -0.315. The molecule has 0 aromatic heterocycles. The second kappa shape index (κ2) is 4.87. The van der Waals surface area contributed by atoms with Crippen molar-refractivity contribution in [3.8, 4) is 0 Å². The Hall–Kier alpha value is -1.02. The Labute approximate surface area is 82.5 Å². The smallest absolute Gasteiger partial charge is 0.338 e. The maximum atomic E-state index is 11.3. The van der Waals surface area contributed by atoms with Crippen molar-refractivity contribution >= 4 is 17.6 Å². The molecule has 0 radical (unpaired) electrons. The van der Waals surface area contributed by atoms with Crippen LogP contribution in [0.25, 0.3) is 0 Å². The Balaban J connectivity index is 2.66. The summed E-state index contributed by atoms with van der Waals surface area (Å²) in [6.07, 6.45) is 0. The summed E-state index contributed by atoms with van der Waals surface area (Å²) in [5.74, 6) is 0.0155. The maximum absolute atomic E-state index is 11.3. The van der Waals surface area contributed by atoms with Crippen LogP contribution in [0.1, 0.15) is 15.9 Å². The number of carbonyl (C=O) groups excluding carboxylic acids is 1. The van der Waals surface area contributed by atoms with E-state index >= 15 is 0 Å². The predicted molar refractivity (Wildman–Crippen MR) is 52.2 cm³/mol.